The molecule has 0 spiro atoms. The minimum atomic E-state index is 0.222. The van der Waals surface area contributed by atoms with Gasteiger partial charge >= 0.3 is 0 Å². The van der Waals surface area contributed by atoms with E-state index in [-0.39, 0.29) is 4.58 Å². The first-order valence-electron chi connectivity index (χ1n) is 3.30. The molecular formula is C8H16OS2. The summed E-state index contributed by atoms with van der Waals surface area (Å²) in [4.78, 5) is 0. The first kappa shape index (κ1) is 13.7. The Morgan fingerprint density at radius 3 is 1.73 bits per heavy atom. The molecule has 0 aliphatic heterocycles. The maximum absolute atomic E-state index is 4.90. The second kappa shape index (κ2) is 12.8. The van der Waals surface area contributed by atoms with Gasteiger partial charge in [-0.15, -0.1) is 13.2 Å². The summed E-state index contributed by atoms with van der Waals surface area (Å²) in [5, 5.41) is 0. The van der Waals surface area contributed by atoms with Crippen molar-refractivity contribution in [2.45, 2.75) is 11.5 Å². The minimum absolute atomic E-state index is 0.222. The van der Waals surface area contributed by atoms with Crippen LogP contribution in [0.3, 0.4) is 0 Å². The topological polar surface area (TPSA) is 9.23 Å². The third kappa shape index (κ3) is 39.2. The van der Waals surface area contributed by atoms with E-state index in [0.29, 0.717) is 13.2 Å². The molecule has 0 aliphatic carbocycles. The first-order chi connectivity index (χ1) is 5.15. The Labute approximate surface area is 80.3 Å². The first-order valence-corrected chi connectivity index (χ1v) is 4.34. The standard InChI is InChI=1S/C6H10O.C2H6S2/c1-3-5-7-6-4-2;1-2(3)4/h3-4H,1-2,5-6H2;2-4H,1H3. The lowest BCUT2D eigenvalue weighted by molar-refractivity contribution is 0.194. The van der Waals surface area contributed by atoms with Gasteiger partial charge in [-0.1, -0.05) is 12.2 Å². The zero-order chi connectivity index (χ0) is 9.11. The van der Waals surface area contributed by atoms with Crippen molar-refractivity contribution in [2.75, 3.05) is 13.2 Å². The van der Waals surface area contributed by atoms with Crippen molar-refractivity contribution in [2.24, 2.45) is 0 Å². The molecule has 0 fully saturated rings. The zero-order valence-corrected chi connectivity index (χ0v) is 8.65. The second-order valence-electron chi connectivity index (χ2n) is 1.75. The molecule has 0 saturated heterocycles. The predicted octanol–water partition coefficient (Wildman–Crippen LogP) is 2.57. The van der Waals surface area contributed by atoms with Gasteiger partial charge in [0.05, 0.1) is 13.2 Å². The smallest absolute Gasteiger partial charge is 0.0649 e. The highest BCUT2D eigenvalue weighted by molar-refractivity contribution is 7.99. The summed E-state index contributed by atoms with van der Waals surface area (Å²) in [6.45, 7) is 10.1. The molecule has 0 rings (SSSR count). The zero-order valence-electron chi connectivity index (χ0n) is 6.86. The summed E-state index contributed by atoms with van der Waals surface area (Å²) in [6, 6.07) is 0. The van der Waals surface area contributed by atoms with E-state index in [9.17, 15) is 0 Å². The Morgan fingerprint density at radius 1 is 1.27 bits per heavy atom. The van der Waals surface area contributed by atoms with Crippen molar-refractivity contribution in [3.63, 3.8) is 0 Å². The van der Waals surface area contributed by atoms with E-state index in [2.05, 4.69) is 38.4 Å². The van der Waals surface area contributed by atoms with Gasteiger partial charge in [0.2, 0.25) is 0 Å². The van der Waals surface area contributed by atoms with Crippen LogP contribution in [0.1, 0.15) is 6.92 Å². The Bertz CT molecular complexity index is 81.3. The average molecular weight is 192 g/mol. The van der Waals surface area contributed by atoms with E-state index >= 15 is 0 Å². The number of rotatable bonds is 4. The van der Waals surface area contributed by atoms with Crippen LogP contribution in [0.5, 0.6) is 0 Å². The van der Waals surface area contributed by atoms with E-state index < -0.39 is 0 Å². The summed E-state index contributed by atoms with van der Waals surface area (Å²) in [5.74, 6) is 0. The third-order valence-corrected chi connectivity index (χ3v) is 0.471. The van der Waals surface area contributed by atoms with Crippen LogP contribution in [0.15, 0.2) is 25.3 Å². The molecular weight excluding hydrogens is 176 g/mol. The maximum atomic E-state index is 4.90. The quantitative estimate of drug-likeness (QED) is 0.301. The van der Waals surface area contributed by atoms with E-state index in [0.717, 1.165) is 0 Å². The van der Waals surface area contributed by atoms with Gasteiger partial charge in [-0.05, 0) is 6.92 Å². The van der Waals surface area contributed by atoms with Gasteiger partial charge < -0.3 is 4.74 Å². The summed E-state index contributed by atoms with van der Waals surface area (Å²) in [5.41, 5.74) is 0. The van der Waals surface area contributed by atoms with Crippen molar-refractivity contribution in [3.05, 3.63) is 25.3 Å². The fourth-order valence-electron chi connectivity index (χ4n) is 0.235. The largest absolute Gasteiger partial charge is 0.373 e. The molecule has 0 heterocycles. The van der Waals surface area contributed by atoms with Gasteiger partial charge in [0, 0.05) is 4.58 Å². The van der Waals surface area contributed by atoms with Gasteiger partial charge in [0.1, 0.15) is 0 Å². The highest BCUT2D eigenvalue weighted by Gasteiger charge is 1.71. The SMILES string of the molecule is C=CCOCC=C.CC(S)S. The van der Waals surface area contributed by atoms with Crippen molar-refractivity contribution in [1.29, 1.82) is 0 Å². The Morgan fingerprint density at radius 2 is 1.55 bits per heavy atom. The van der Waals surface area contributed by atoms with Gasteiger partial charge in [0.25, 0.3) is 0 Å². The molecule has 0 aromatic heterocycles. The second-order valence-corrected chi connectivity index (χ2v) is 3.70. The van der Waals surface area contributed by atoms with Crippen molar-refractivity contribution < 1.29 is 4.74 Å². The molecule has 0 radical (unpaired) electrons. The number of hydrogen-bond donors (Lipinski definition) is 2. The summed E-state index contributed by atoms with van der Waals surface area (Å²) < 4.78 is 5.12. The lowest BCUT2D eigenvalue weighted by atomic mass is 10.6. The van der Waals surface area contributed by atoms with Gasteiger partial charge in [-0.2, -0.15) is 25.3 Å². The van der Waals surface area contributed by atoms with Crippen LogP contribution in [0.25, 0.3) is 0 Å². The molecule has 0 N–H and O–H groups in total. The number of thiol groups is 2. The fourth-order valence-corrected chi connectivity index (χ4v) is 0.235. The average Bonchev–Trinajstić information content (AvgIpc) is 1.88. The van der Waals surface area contributed by atoms with E-state index in [4.69, 9.17) is 4.74 Å². The summed E-state index contributed by atoms with van der Waals surface area (Å²) >= 11 is 7.66. The maximum Gasteiger partial charge on any atom is 0.0649 e. The van der Waals surface area contributed by atoms with Crippen molar-refractivity contribution in [3.8, 4) is 0 Å². The summed E-state index contributed by atoms with van der Waals surface area (Å²) in [6.07, 6.45) is 3.42. The molecule has 66 valence electrons. The monoisotopic (exact) mass is 192 g/mol. The lowest BCUT2D eigenvalue weighted by Gasteiger charge is -1.89. The normalized spacial score (nSPS) is 8.36. The fraction of sp³-hybridized carbons (Fsp3) is 0.500. The molecule has 0 aromatic rings. The van der Waals surface area contributed by atoms with Gasteiger partial charge in [-0.3, -0.25) is 0 Å². The minimum Gasteiger partial charge on any atom is -0.373 e. The molecule has 11 heavy (non-hydrogen) atoms. The van der Waals surface area contributed by atoms with E-state index in [1.807, 2.05) is 6.92 Å². The van der Waals surface area contributed by atoms with Crippen LogP contribution in [0.2, 0.25) is 0 Å². The van der Waals surface area contributed by atoms with E-state index in [1.54, 1.807) is 12.2 Å². The molecule has 0 aromatic carbocycles. The van der Waals surface area contributed by atoms with Crippen molar-refractivity contribution >= 4 is 25.3 Å². The molecule has 0 bridgehead atoms. The van der Waals surface area contributed by atoms with Crippen LogP contribution in [-0.4, -0.2) is 17.8 Å². The van der Waals surface area contributed by atoms with Crippen LogP contribution in [-0.2, 0) is 4.74 Å². The Balaban J connectivity index is 0. The molecule has 0 atom stereocenters. The molecule has 0 amide bonds. The number of ether oxygens (including phenoxy) is 1. The number of hydrogen-bond acceptors (Lipinski definition) is 3. The molecule has 0 unspecified atom stereocenters. The van der Waals surface area contributed by atoms with Crippen molar-refractivity contribution in [1.82, 2.24) is 0 Å². The third-order valence-electron chi connectivity index (χ3n) is 0.471. The molecule has 0 saturated carbocycles. The Kier molecular flexibility index (Phi) is 15.9. The predicted molar refractivity (Wildman–Crippen MR) is 58.6 cm³/mol. The lowest BCUT2D eigenvalue weighted by Crippen LogP contribution is -1.87. The van der Waals surface area contributed by atoms with E-state index in [1.165, 1.54) is 0 Å². The van der Waals surface area contributed by atoms with Gasteiger partial charge in [-0.25, -0.2) is 0 Å². The van der Waals surface area contributed by atoms with Crippen LogP contribution >= 0.6 is 25.3 Å². The molecule has 1 nitrogen and oxygen atoms in total. The molecule has 0 aliphatic rings. The highest BCUT2D eigenvalue weighted by atomic mass is 32.2. The molecule has 3 heteroatoms. The highest BCUT2D eigenvalue weighted by Crippen LogP contribution is 1.93. The van der Waals surface area contributed by atoms with Crippen LogP contribution in [0.4, 0.5) is 0 Å². The van der Waals surface area contributed by atoms with Crippen LogP contribution in [0, 0.1) is 0 Å². The van der Waals surface area contributed by atoms with Gasteiger partial charge in [0.15, 0.2) is 0 Å². The van der Waals surface area contributed by atoms with Crippen LogP contribution < -0.4 is 0 Å². The summed E-state index contributed by atoms with van der Waals surface area (Å²) in [7, 11) is 0. The Hall–Kier alpha value is 0.140.